The predicted molar refractivity (Wildman–Crippen MR) is 149 cm³/mol. The molecular weight excluding hydrogens is 639 g/mol. The number of carbonyl (C=O) groups is 1. The molecule has 4 aromatic carbocycles. The van der Waals surface area contributed by atoms with Gasteiger partial charge in [0.1, 0.15) is 4.90 Å². The molecule has 1 amide bonds. The van der Waals surface area contributed by atoms with E-state index in [1.165, 1.54) is 24.3 Å². The van der Waals surface area contributed by atoms with Gasteiger partial charge in [0, 0.05) is 22.3 Å². The number of amides is 1. The van der Waals surface area contributed by atoms with E-state index in [1.54, 1.807) is 0 Å². The van der Waals surface area contributed by atoms with Crippen molar-refractivity contribution in [3.8, 4) is 0 Å². The minimum absolute atomic E-state index is 0.00452. The number of sulfonamides is 1. The molecule has 19 heteroatoms. The smallest absolute Gasteiger partial charge is 0.295 e. The monoisotopic (exact) mass is 657 g/mol. The minimum atomic E-state index is -5.49. The Kier molecular flexibility index (Phi) is 7.57. The first kappa shape index (κ1) is 30.8. The lowest BCUT2D eigenvalue weighted by Crippen LogP contribution is -2.37. The molecule has 15 nitrogen and oxygen atoms in total. The largest absolute Gasteiger partial charge is 0.399 e. The number of hydrogen-bond acceptors (Lipinski definition) is 11. The van der Waals surface area contributed by atoms with Gasteiger partial charge in [0.2, 0.25) is 0 Å². The fourth-order valence-corrected chi connectivity index (χ4v) is 7.36. The van der Waals surface area contributed by atoms with E-state index < -0.39 is 87.9 Å². The van der Waals surface area contributed by atoms with Crippen molar-refractivity contribution >= 4 is 74.1 Å². The number of rotatable bonds is 7. The van der Waals surface area contributed by atoms with Crippen LogP contribution in [0.5, 0.6) is 0 Å². The van der Waals surface area contributed by atoms with E-state index in [4.69, 9.17) is 11.5 Å². The van der Waals surface area contributed by atoms with Gasteiger partial charge in [0.05, 0.1) is 20.4 Å². The highest BCUT2D eigenvalue weighted by Crippen LogP contribution is 2.40. The zero-order chi connectivity index (χ0) is 31.4. The minimum Gasteiger partial charge on any atom is -0.399 e. The Morgan fingerprint density at radius 2 is 1.14 bits per heavy atom. The highest BCUT2D eigenvalue weighted by molar-refractivity contribution is 7.93. The second kappa shape index (κ2) is 10.3. The van der Waals surface area contributed by atoms with Crippen LogP contribution >= 0.6 is 0 Å². The van der Waals surface area contributed by atoms with Crippen molar-refractivity contribution in [2.45, 2.75) is 19.6 Å². The summed E-state index contributed by atoms with van der Waals surface area (Å²) < 4.78 is 131. The summed E-state index contributed by atoms with van der Waals surface area (Å²) in [4.78, 5) is 9.65. The molecular formula is C23H19N3O12S4. The third-order valence-corrected chi connectivity index (χ3v) is 9.98. The molecule has 0 heterocycles. The van der Waals surface area contributed by atoms with Crippen LogP contribution in [-0.2, 0) is 40.4 Å². The van der Waals surface area contributed by atoms with Gasteiger partial charge < -0.3 is 11.5 Å². The molecule has 4 aromatic rings. The maximum absolute atomic E-state index is 14.0. The molecule has 0 aliphatic rings. The van der Waals surface area contributed by atoms with Gasteiger partial charge in [-0.3, -0.25) is 18.5 Å². The van der Waals surface area contributed by atoms with E-state index in [2.05, 4.69) is 0 Å². The maximum Gasteiger partial charge on any atom is 0.295 e. The van der Waals surface area contributed by atoms with Crippen molar-refractivity contribution in [1.29, 1.82) is 0 Å². The van der Waals surface area contributed by atoms with Crippen LogP contribution in [0, 0.1) is 0 Å². The quantitative estimate of drug-likeness (QED) is 0.140. The van der Waals surface area contributed by atoms with E-state index >= 15 is 0 Å². The topological polar surface area (TPSA) is 270 Å². The molecule has 0 aromatic heterocycles. The zero-order valence-corrected chi connectivity index (χ0v) is 23.9. The van der Waals surface area contributed by atoms with E-state index in [0.717, 1.165) is 24.3 Å². The Bertz CT molecular complexity index is 2230. The summed E-state index contributed by atoms with van der Waals surface area (Å²) in [6.07, 6.45) is 0. The molecule has 222 valence electrons. The first-order valence-corrected chi connectivity index (χ1v) is 16.8. The lowest BCUT2D eigenvalue weighted by Gasteiger charge is -2.26. The van der Waals surface area contributed by atoms with E-state index in [9.17, 15) is 52.1 Å². The van der Waals surface area contributed by atoms with Crippen LogP contribution in [0.1, 0.15) is 10.4 Å². The van der Waals surface area contributed by atoms with Crippen LogP contribution in [-0.4, -0.2) is 53.2 Å². The van der Waals surface area contributed by atoms with Crippen LogP contribution in [0.15, 0.2) is 92.4 Å². The van der Waals surface area contributed by atoms with Crippen LogP contribution in [0.25, 0.3) is 10.8 Å². The number of anilines is 3. The normalized spacial score (nSPS) is 12.7. The average molecular weight is 658 g/mol. The van der Waals surface area contributed by atoms with Crippen molar-refractivity contribution < 1.29 is 52.1 Å². The average Bonchev–Trinajstić information content (AvgIpc) is 2.86. The van der Waals surface area contributed by atoms with Crippen LogP contribution in [0.4, 0.5) is 17.1 Å². The molecule has 0 aliphatic heterocycles. The van der Waals surface area contributed by atoms with Crippen molar-refractivity contribution in [1.82, 2.24) is 0 Å². The van der Waals surface area contributed by atoms with Gasteiger partial charge in [-0.2, -0.15) is 29.6 Å². The third kappa shape index (κ3) is 5.92. The first-order valence-electron chi connectivity index (χ1n) is 11.1. The molecule has 0 radical (unpaired) electrons. The summed E-state index contributed by atoms with van der Waals surface area (Å²) in [5, 5.41) is -1.61. The second-order valence-corrected chi connectivity index (χ2v) is 14.7. The van der Waals surface area contributed by atoms with Crippen LogP contribution < -0.4 is 15.8 Å². The number of nitrogens with two attached hydrogens (primary N) is 2. The van der Waals surface area contributed by atoms with E-state index in [0.29, 0.717) is 18.2 Å². The van der Waals surface area contributed by atoms with Crippen molar-refractivity contribution in [3.63, 3.8) is 0 Å². The molecule has 7 N–H and O–H groups in total. The van der Waals surface area contributed by atoms with Crippen LogP contribution in [0.3, 0.4) is 0 Å². The summed E-state index contributed by atoms with van der Waals surface area (Å²) in [6, 6.07) is 11.1. The number of nitrogens with zero attached hydrogens (tertiary/aromatic N) is 1. The van der Waals surface area contributed by atoms with Gasteiger partial charge in [0.15, 0.2) is 0 Å². The van der Waals surface area contributed by atoms with Crippen molar-refractivity contribution in [3.05, 3.63) is 78.4 Å². The van der Waals surface area contributed by atoms with Gasteiger partial charge in [-0.05, 0) is 66.0 Å². The molecule has 0 saturated carbocycles. The molecule has 0 spiro atoms. The fourth-order valence-electron chi connectivity index (χ4n) is 3.98. The number of nitrogen functional groups attached to an aromatic ring is 2. The standard InChI is InChI=1S/C23H19N3O12S4/c24-15-4-1-3-13(7-15)23(27)26(39(28,29)17-6-2-5-16(25)10-17)20-11-18(40(30,31)32)8-14-9-19(41(33,34)35)12-21(22(14)20)42(36,37)38/h1-12H,24-25H2,(H,30,31,32)(H,33,34,35)(H,36,37,38). The van der Waals surface area contributed by atoms with Gasteiger partial charge in [-0.25, -0.2) is 8.42 Å². The van der Waals surface area contributed by atoms with E-state index in [-0.39, 0.29) is 21.7 Å². The summed E-state index contributed by atoms with van der Waals surface area (Å²) in [6.45, 7) is 0. The predicted octanol–water partition coefficient (Wildman–Crippen LogP) is 1.78. The lowest BCUT2D eigenvalue weighted by atomic mass is 10.1. The maximum atomic E-state index is 14.0. The molecule has 0 saturated heterocycles. The van der Waals surface area contributed by atoms with Crippen molar-refractivity contribution in [2.24, 2.45) is 0 Å². The first-order chi connectivity index (χ1) is 19.2. The zero-order valence-electron chi connectivity index (χ0n) is 20.7. The Labute approximate surface area is 239 Å². The molecule has 4 rings (SSSR count). The lowest BCUT2D eigenvalue weighted by molar-refractivity contribution is 0.101. The summed E-state index contributed by atoms with van der Waals surface area (Å²) in [5.74, 6) is -1.42. The van der Waals surface area contributed by atoms with Gasteiger partial charge in [0.25, 0.3) is 46.3 Å². The van der Waals surface area contributed by atoms with Gasteiger partial charge >= 0.3 is 0 Å². The van der Waals surface area contributed by atoms with Gasteiger partial charge in [-0.15, -0.1) is 0 Å². The number of carbonyl (C=O) groups excluding carboxylic acids is 1. The van der Waals surface area contributed by atoms with E-state index in [1.807, 2.05) is 0 Å². The van der Waals surface area contributed by atoms with Crippen LogP contribution in [0.2, 0.25) is 0 Å². The number of hydrogen-bond donors (Lipinski definition) is 5. The fraction of sp³-hybridized carbons (Fsp3) is 0. The van der Waals surface area contributed by atoms with Crippen molar-refractivity contribution in [2.75, 3.05) is 15.8 Å². The molecule has 0 unspecified atom stereocenters. The third-order valence-electron chi connectivity index (χ3n) is 5.75. The Balaban J connectivity index is 2.29. The summed E-state index contributed by atoms with van der Waals surface area (Å²) in [5.41, 5.74) is 9.93. The highest BCUT2D eigenvalue weighted by atomic mass is 32.2. The molecule has 0 bridgehead atoms. The Hall–Kier alpha value is -4.11. The summed E-state index contributed by atoms with van der Waals surface area (Å²) >= 11 is 0. The Morgan fingerprint density at radius 1 is 0.619 bits per heavy atom. The van der Waals surface area contributed by atoms with Gasteiger partial charge in [-0.1, -0.05) is 12.1 Å². The summed E-state index contributed by atoms with van der Waals surface area (Å²) in [7, 11) is -21.1. The SMILES string of the molecule is Nc1cccc(C(=O)N(c2cc(S(=O)(=O)O)cc3cc(S(=O)(=O)O)cc(S(=O)(=O)O)c23)S(=O)(=O)c2cccc(N)c2)c1. The molecule has 0 fully saturated rings. The molecule has 0 atom stereocenters. The second-order valence-electron chi connectivity index (χ2n) is 8.66. The Morgan fingerprint density at radius 3 is 1.64 bits per heavy atom. The molecule has 0 aliphatic carbocycles. The number of benzene rings is 4. The molecule has 42 heavy (non-hydrogen) atoms. The number of fused-ring (bicyclic) bond motifs is 1. The highest BCUT2D eigenvalue weighted by Gasteiger charge is 2.36.